The van der Waals surface area contributed by atoms with E-state index in [0.29, 0.717) is 16.5 Å². The molecule has 0 radical (unpaired) electrons. The second-order valence-corrected chi connectivity index (χ2v) is 6.91. The standard InChI is InChI=1S/C16H14ClN4O3.ClHO4/c1-19(2)9-11-10-20(13-5-3-12(17)4-6-13)18-16(11)14-7-8-15(24-14)21(22)23;2-1(3,4)5/h3-10H,1-2H3;(H,2,3,4,5)/q+1;/p-1. The van der Waals surface area contributed by atoms with Crippen LogP contribution in [0.15, 0.2) is 47.0 Å². The third-order valence-electron chi connectivity index (χ3n) is 3.24. The summed E-state index contributed by atoms with van der Waals surface area (Å²) in [5.41, 5.74) is 2.12. The quantitative estimate of drug-likeness (QED) is 0.205. The molecule has 0 N–H and O–H groups in total. The number of hydrogen-bond donors (Lipinski definition) is 0. The molecule has 0 saturated heterocycles. The maximum absolute atomic E-state index is 10.8. The summed E-state index contributed by atoms with van der Waals surface area (Å²) in [6.07, 6.45) is 3.69. The molecule has 0 atom stereocenters. The van der Waals surface area contributed by atoms with Gasteiger partial charge in [0.15, 0.2) is 12.0 Å². The lowest BCUT2D eigenvalue weighted by Gasteiger charge is -2.17. The second-order valence-electron chi connectivity index (χ2n) is 5.72. The van der Waals surface area contributed by atoms with Crippen LogP contribution in [0.2, 0.25) is 5.02 Å². The van der Waals surface area contributed by atoms with Gasteiger partial charge < -0.3 is 4.42 Å². The van der Waals surface area contributed by atoms with Gasteiger partial charge in [0.1, 0.15) is 24.7 Å². The molecule has 0 aliphatic rings. The molecular formula is C16H14Cl2N4O7. The predicted octanol–water partition coefficient (Wildman–Crippen LogP) is -1.37. The summed E-state index contributed by atoms with van der Waals surface area (Å²) < 4.78 is 42.8. The van der Waals surface area contributed by atoms with E-state index in [1.165, 1.54) is 6.07 Å². The number of nitro groups is 1. The van der Waals surface area contributed by atoms with Gasteiger partial charge >= 0.3 is 5.88 Å². The van der Waals surface area contributed by atoms with Gasteiger partial charge in [0.05, 0.1) is 17.3 Å². The van der Waals surface area contributed by atoms with Crippen LogP contribution in [0.3, 0.4) is 0 Å². The third kappa shape index (κ3) is 6.94. The molecule has 0 spiro atoms. The zero-order valence-electron chi connectivity index (χ0n) is 15.0. The molecule has 0 fully saturated rings. The van der Waals surface area contributed by atoms with E-state index in [0.717, 1.165) is 11.3 Å². The highest BCUT2D eigenvalue weighted by Gasteiger charge is 2.20. The summed E-state index contributed by atoms with van der Waals surface area (Å²) >= 11 is 5.91. The molecule has 0 bridgehead atoms. The lowest BCUT2D eigenvalue weighted by atomic mass is 10.2. The fourth-order valence-corrected chi connectivity index (χ4v) is 2.36. The highest BCUT2D eigenvalue weighted by atomic mass is 35.7. The molecule has 29 heavy (non-hydrogen) atoms. The van der Waals surface area contributed by atoms with Crippen LogP contribution in [0.5, 0.6) is 0 Å². The Morgan fingerprint density at radius 1 is 1.10 bits per heavy atom. The van der Waals surface area contributed by atoms with Crippen molar-refractivity contribution < 1.29 is 42.8 Å². The van der Waals surface area contributed by atoms with Gasteiger partial charge in [0.25, 0.3) is 0 Å². The Morgan fingerprint density at radius 3 is 2.17 bits per heavy atom. The molecule has 3 rings (SSSR count). The average molecular weight is 445 g/mol. The smallest absolute Gasteiger partial charge is 0.399 e. The Balaban J connectivity index is 0.000000537. The van der Waals surface area contributed by atoms with Crippen LogP contribution in [0, 0.1) is 20.4 Å². The average Bonchev–Trinajstić information content (AvgIpc) is 3.20. The monoisotopic (exact) mass is 444 g/mol. The van der Waals surface area contributed by atoms with Gasteiger partial charge in [-0.05, 0) is 30.3 Å². The molecule has 1 aromatic carbocycles. The van der Waals surface area contributed by atoms with Crippen LogP contribution in [0.4, 0.5) is 5.88 Å². The minimum Gasteiger partial charge on any atom is -0.399 e. The Labute approximate surface area is 171 Å². The third-order valence-corrected chi connectivity index (χ3v) is 3.49. The highest BCUT2D eigenvalue weighted by molar-refractivity contribution is 6.30. The summed E-state index contributed by atoms with van der Waals surface area (Å²) in [5, 5.41) is 16.0. The fraction of sp³-hybridized carbons (Fsp3) is 0.125. The molecule has 2 heterocycles. The lowest BCUT2D eigenvalue weighted by Crippen LogP contribution is -2.68. The van der Waals surface area contributed by atoms with Gasteiger partial charge in [-0.15, -0.1) is 10.2 Å². The van der Waals surface area contributed by atoms with Crippen molar-refractivity contribution >= 4 is 23.7 Å². The van der Waals surface area contributed by atoms with Crippen molar-refractivity contribution in [3.63, 3.8) is 0 Å². The topological polar surface area (TPSA) is 169 Å². The zero-order chi connectivity index (χ0) is 21.8. The zero-order valence-corrected chi connectivity index (χ0v) is 16.5. The lowest BCUT2D eigenvalue weighted by molar-refractivity contribution is -2.00. The van der Waals surface area contributed by atoms with E-state index in [4.69, 9.17) is 34.7 Å². The maximum atomic E-state index is 10.8. The van der Waals surface area contributed by atoms with Gasteiger partial charge in [-0.25, -0.2) is 27.9 Å². The number of hydrogen-bond acceptors (Lipinski definition) is 8. The van der Waals surface area contributed by atoms with Gasteiger partial charge in [-0.2, -0.15) is 5.10 Å². The minimum atomic E-state index is -4.94. The molecule has 0 aliphatic heterocycles. The predicted molar refractivity (Wildman–Crippen MR) is 90.2 cm³/mol. The first-order chi connectivity index (χ1) is 13.4. The van der Waals surface area contributed by atoms with Crippen LogP contribution < -0.4 is 18.6 Å². The van der Waals surface area contributed by atoms with Gasteiger partial charge in [0.2, 0.25) is 0 Å². The Hall–Kier alpha value is -2.80. The maximum Gasteiger partial charge on any atom is 0.433 e. The van der Waals surface area contributed by atoms with E-state index in [1.54, 1.807) is 22.9 Å². The number of furan rings is 1. The molecular weight excluding hydrogens is 431 g/mol. The van der Waals surface area contributed by atoms with Crippen LogP contribution in [-0.4, -0.2) is 39.6 Å². The fourth-order valence-electron chi connectivity index (χ4n) is 2.23. The summed E-state index contributed by atoms with van der Waals surface area (Å²) in [6, 6.07) is 10.1. The second kappa shape index (κ2) is 9.13. The largest absolute Gasteiger partial charge is 0.433 e. The molecule has 0 saturated carbocycles. The van der Waals surface area contributed by atoms with Gasteiger partial charge in [-0.1, -0.05) is 11.6 Å². The van der Waals surface area contributed by atoms with Crippen molar-refractivity contribution in [2.45, 2.75) is 0 Å². The van der Waals surface area contributed by atoms with Crippen molar-refractivity contribution in [3.8, 4) is 17.1 Å². The van der Waals surface area contributed by atoms with Crippen molar-refractivity contribution in [2.24, 2.45) is 0 Å². The summed E-state index contributed by atoms with van der Waals surface area (Å²) in [4.78, 5) is 10.3. The van der Waals surface area contributed by atoms with Crippen molar-refractivity contribution in [1.82, 2.24) is 9.78 Å². The number of benzene rings is 1. The molecule has 154 valence electrons. The first-order valence-corrected chi connectivity index (χ1v) is 9.28. The molecule has 3 aromatic rings. The van der Waals surface area contributed by atoms with Crippen molar-refractivity contribution in [2.75, 3.05) is 14.1 Å². The van der Waals surface area contributed by atoms with Crippen LogP contribution >= 0.6 is 11.6 Å². The van der Waals surface area contributed by atoms with Crippen LogP contribution in [-0.2, 0) is 0 Å². The van der Waals surface area contributed by atoms with Crippen LogP contribution in [0.1, 0.15) is 5.56 Å². The molecule has 11 nitrogen and oxygen atoms in total. The number of nitrogens with zero attached hydrogens (tertiary/aromatic N) is 4. The van der Waals surface area contributed by atoms with Gasteiger partial charge in [0, 0.05) is 11.2 Å². The molecule has 0 aliphatic carbocycles. The Bertz CT molecular complexity index is 1010. The molecule has 2 aromatic heterocycles. The summed E-state index contributed by atoms with van der Waals surface area (Å²) in [6.45, 7) is 0. The van der Waals surface area contributed by atoms with E-state index < -0.39 is 15.2 Å². The van der Waals surface area contributed by atoms with Gasteiger partial charge in [-0.3, -0.25) is 10.1 Å². The number of aromatic nitrogens is 2. The minimum absolute atomic E-state index is 0.318. The van der Waals surface area contributed by atoms with Crippen molar-refractivity contribution in [1.29, 1.82) is 0 Å². The van der Waals surface area contributed by atoms with E-state index in [1.807, 2.05) is 43.2 Å². The number of rotatable bonds is 4. The van der Waals surface area contributed by atoms with E-state index in [2.05, 4.69) is 5.10 Å². The molecule has 13 heteroatoms. The van der Waals surface area contributed by atoms with Crippen molar-refractivity contribution in [3.05, 3.63) is 63.3 Å². The number of halogens is 2. The SMILES string of the molecule is C[N+](C)=Cc1cn(-c2ccc(Cl)cc2)nc1-c1ccc([N+](=O)[O-])o1.[O-][Cl+3]([O-])([O-])[O-]. The molecule has 0 unspecified atom stereocenters. The Kier molecular flexibility index (Phi) is 7.08. The first-order valence-electron chi connectivity index (χ1n) is 7.67. The normalized spacial score (nSPS) is 10.9. The highest BCUT2D eigenvalue weighted by Crippen LogP contribution is 2.28. The Morgan fingerprint density at radius 2 is 1.69 bits per heavy atom. The van der Waals surface area contributed by atoms with Crippen LogP contribution in [0.25, 0.3) is 17.1 Å². The summed E-state index contributed by atoms with van der Waals surface area (Å²) in [5.74, 6) is 0.0179. The van der Waals surface area contributed by atoms with E-state index in [-0.39, 0.29) is 5.88 Å². The molecule has 0 amide bonds. The summed E-state index contributed by atoms with van der Waals surface area (Å²) in [7, 11) is -1.18. The first kappa shape index (κ1) is 22.5. The van der Waals surface area contributed by atoms with E-state index >= 15 is 0 Å². The van der Waals surface area contributed by atoms with E-state index in [9.17, 15) is 10.1 Å².